The van der Waals surface area contributed by atoms with Gasteiger partial charge >= 0.3 is 12.1 Å². The van der Waals surface area contributed by atoms with Crippen LogP contribution in [0.1, 0.15) is 32.6 Å². The molecule has 0 fully saturated rings. The summed E-state index contributed by atoms with van der Waals surface area (Å²) in [6.07, 6.45) is -4.32. The Bertz CT molecular complexity index is 921. The molecule has 0 heterocycles. The predicted octanol–water partition coefficient (Wildman–Crippen LogP) is 5.35. The SMILES string of the molecule is O=C(OCc1ccccc1)c1ccc(CNCc2ccc(C(F)(F)F)cc2)cc1. The highest BCUT2D eigenvalue weighted by Crippen LogP contribution is 2.29. The number of carbonyl (C=O) groups is 1. The van der Waals surface area contributed by atoms with E-state index < -0.39 is 17.7 Å². The molecule has 0 amide bonds. The molecular weight excluding hydrogens is 379 g/mol. The van der Waals surface area contributed by atoms with Crippen molar-refractivity contribution in [2.45, 2.75) is 25.9 Å². The molecule has 29 heavy (non-hydrogen) atoms. The number of esters is 1. The number of benzene rings is 3. The summed E-state index contributed by atoms with van der Waals surface area (Å²) in [5.74, 6) is -0.391. The van der Waals surface area contributed by atoms with Crippen molar-refractivity contribution < 1.29 is 22.7 Å². The number of alkyl halides is 3. The fourth-order valence-corrected chi connectivity index (χ4v) is 2.73. The van der Waals surface area contributed by atoms with Crippen LogP contribution in [0.2, 0.25) is 0 Å². The van der Waals surface area contributed by atoms with E-state index in [4.69, 9.17) is 4.74 Å². The molecule has 0 atom stereocenters. The van der Waals surface area contributed by atoms with E-state index in [1.54, 1.807) is 12.1 Å². The summed E-state index contributed by atoms with van der Waals surface area (Å²) in [5, 5.41) is 3.17. The number of halogens is 3. The van der Waals surface area contributed by atoms with Crippen LogP contribution in [0.15, 0.2) is 78.9 Å². The minimum Gasteiger partial charge on any atom is -0.457 e. The van der Waals surface area contributed by atoms with Crippen molar-refractivity contribution in [1.29, 1.82) is 0 Å². The van der Waals surface area contributed by atoms with Gasteiger partial charge in [0.05, 0.1) is 11.1 Å². The largest absolute Gasteiger partial charge is 0.457 e. The van der Waals surface area contributed by atoms with Crippen LogP contribution >= 0.6 is 0 Å². The Kier molecular flexibility index (Phi) is 6.67. The van der Waals surface area contributed by atoms with Crippen molar-refractivity contribution in [1.82, 2.24) is 5.32 Å². The molecule has 3 nitrogen and oxygen atoms in total. The van der Waals surface area contributed by atoms with Crippen LogP contribution in [0.5, 0.6) is 0 Å². The van der Waals surface area contributed by atoms with Gasteiger partial charge in [0.15, 0.2) is 0 Å². The van der Waals surface area contributed by atoms with E-state index in [9.17, 15) is 18.0 Å². The molecule has 0 bridgehead atoms. The van der Waals surface area contributed by atoms with Gasteiger partial charge in [-0.25, -0.2) is 4.79 Å². The third kappa shape index (κ3) is 6.19. The maximum absolute atomic E-state index is 12.6. The first kappa shape index (κ1) is 20.6. The van der Waals surface area contributed by atoms with Crippen molar-refractivity contribution in [3.05, 3.63) is 107 Å². The van der Waals surface area contributed by atoms with E-state index in [0.717, 1.165) is 28.8 Å². The van der Waals surface area contributed by atoms with E-state index in [2.05, 4.69) is 5.32 Å². The van der Waals surface area contributed by atoms with E-state index >= 15 is 0 Å². The molecule has 3 rings (SSSR count). The van der Waals surface area contributed by atoms with Gasteiger partial charge in [0.25, 0.3) is 0 Å². The van der Waals surface area contributed by atoms with Crippen molar-refractivity contribution in [2.24, 2.45) is 0 Å². The first-order chi connectivity index (χ1) is 13.9. The van der Waals surface area contributed by atoms with E-state index in [1.807, 2.05) is 42.5 Å². The van der Waals surface area contributed by atoms with Crippen LogP contribution in [0.4, 0.5) is 13.2 Å². The second kappa shape index (κ2) is 9.39. The maximum atomic E-state index is 12.6. The molecule has 0 unspecified atom stereocenters. The molecule has 0 aliphatic rings. The lowest BCUT2D eigenvalue weighted by Crippen LogP contribution is -2.13. The third-order valence-electron chi connectivity index (χ3n) is 4.34. The molecule has 3 aromatic carbocycles. The van der Waals surface area contributed by atoms with Crippen LogP contribution in [-0.4, -0.2) is 5.97 Å². The zero-order valence-electron chi connectivity index (χ0n) is 15.6. The Labute approximate surface area is 167 Å². The highest BCUT2D eigenvalue weighted by Gasteiger charge is 2.29. The normalized spacial score (nSPS) is 11.3. The number of rotatable bonds is 7. The first-order valence-corrected chi connectivity index (χ1v) is 9.09. The predicted molar refractivity (Wildman–Crippen MR) is 104 cm³/mol. The molecule has 3 aromatic rings. The molecule has 150 valence electrons. The Balaban J connectivity index is 1.46. The van der Waals surface area contributed by atoms with E-state index in [-0.39, 0.29) is 6.61 Å². The van der Waals surface area contributed by atoms with Crippen LogP contribution in [0.3, 0.4) is 0 Å². The molecular formula is C23H20F3NO2. The van der Waals surface area contributed by atoms with Crippen LogP contribution < -0.4 is 5.32 Å². The fraction of sp³-hybridized carbons (Fsp3) is 0.174. The lowest BCUT2D eigenvalue weighted by molar-refractivity contribution is -0.137. The van der Waals surface area contributed by atoms with Crippen LogP contribution in [0, 0.1) is 0 Å². The lowest BCUT2D eigenvalue weighted by atomic mass is 10.1. The van der Waals surface area contributed by atoms with Gasteiger partial charge in [0, 0.05) is 13.1 Å². The van der Waals surface area contributed by atoms with Gasteiger partial charge in [-0.1, -0.05) is 54.6 Å². The Hall–Kier alpha value is -3.12. The summed E-state index contributed by atoms with van der Waals surface area (Å²) in [6.45, 7) is 1.19. The smallest absolute Gasteiger partial charge is 0.416 e. The highest BCUT2D eigenvalue weighted by atomic mass is 19.4. The molecule has 0 spiro atoms. The van der Waals surface area contributed by atoms with Crippen molar-refractivity contribution in [2.75, 3.05) is 0 Å². The number of ether oxygens (including phenoxy) is 1. The first-order valence-electron chi connectivity index (χ1n) is 9.09. The zero-order valence-corrected chi connectivity index (χ0v) is 15.6. The molecule has 6 heteroatoms. The number of carbonyl (C=O) groups excluding carboxylic acids is 1. The molecule has 0 aromatic heterocycles. The summed E-state index contributed by atoms with van der Waals surface area (Å²) in [7, 11) is 0. The zero-order chi connectivity index (χ0) is 20.7. The summed E-state index contributed by atoms with van der Waals surface area (Å²) in [4.78, 5) is 12.1. The summed E-state index contributed by atoms with van der Waals surface area (Å²) < 4.78 is 43.0. The number of hydrogen-bond donors (Lipinski definition) is 1. The van der Waals surface area contributed by atoms with Gasteiger partial charge in [-0.15, -0.1) is 0 Å². The molecule has 0 aliphatic carbocycles. The van der Waals surface area contributed by atoms with Crippen molar-refractivity contribution in [3.63, 3.8) is 0 Å². The van der Waals surface area contributed by atoms with Crippen LogP contribution in [0.25, 0.3) is 0 Å². The maximum Gasteiger partial charge on any atom is 0.416 e. The Morgan fingerprint density at radius 3 is 1.86 bits per heavy atom. The van der Waals surface area contributed by atoms with Gasteiger partial charge in [-0.3, -0.25) is 0 Å². The standard InChI is InChI=1S/C23H20F3NO2/c24-23(25,26)21-12-8-18(9-13-21)15-27-14-17-6-10-20(11-7-17)22(28)29-16-19-4-2-1-3-5-19/h1-13,27H,14-16H2. The lowest BCUT2D eigenvalue weighted by Gasteiger charge is -2.09. The molecule has 0 saturated heterocycles. The van der Waals surface area contributed by atoms with Crippen molar-refractivity contribution >= 4 is 5.97 Å². The summed E-state index contributed by atoms with van der Waals surface area (Å²) in [5.41, 5.74) is 2.45. The average molecular weight is 399 g/mol. The minimum absolute atomic E-state index is 0.218. The van der Waals surface area contributed by atoms with Gasteiger partial charge in [0.2, 0.25) is 0 Å². The summed E-state index contributed by atoms with van der Waals surface area (Å²) in [6, 6.07) is 21.5. The van der Waals surface area contributed by atoms with E-state index in [1.165, 1.54) is 12.1 Å². The summed E-state index contributed by atoms with van der Waals surface area (Å²) >= 11 is 0. The van der Waals surface area contributed by atoms with E-state index in [0.29, 0.717) is 18.7 Å². The van der Waals surface area contributed by atoms with Gasteiger partial charge in [-0.05, 0) is 41.0 Å². The monoisotopic (exact) mass is 399 g/mol. The second-order valence-corrected chi connectivity index (χ2v) is 6.56. The fourth-order valence-electron chi connectivity index (χ4n) is 2.73. The quantitative estimate of drug-likeness (QED) is 0.544. The van der Waals surface area contributed by atoms with Crippen molar-refractivity contribution in [3.8, 4) is 0 Å². The third-order valence-corrected chi connectivity index (χ3v) is 4.34. The van der Waals surface area contributed by atoms with Crippen LogP contribution in [-0.2, 0) is 30.6 Å². The highest BCUT2D eigenvalue weighted by molar-refractivity contribution is 5.89. The number of nitrogens with one attached hydrogen (secondary N) is 1. The second-order valence-electron chi connectivity index (χ2n) is 6.56. The molecule has 0 aliphatic heterocycles. The average Bonchev–Trinajstić information content (AvgIpc) is 2.73. The molecule has 0 saturated carbocycles. The number of hydrogen-bond acceptors (Lipinski definition) is 3. The Morgan fingerprint density at radius 1 is 0.759 bits per heavy atom. The topological polar surface area (TPSA) is 38.3 Å². The molecule has 0 radical (unpaired) electrons. The van der Waals surface area contributed by atoms with Gasteiger partial charge in [0.1, 0.15) is 6.61 Å². The Morgan fingerprint density at radius 2 is 1.31 bits per heavy atom. The van der Waals surface area contributed by atoms with Gasteiger partial charge < -0.3 is 10.1 Å². The minimum atomic E-state index is -4.32. The van der Waals surface area contributed by atoms with Gasteiger partial charge in [-0.2, -0.15) is 13.2 Å². The molecule has 1 N–H and O–H groups in total.